The molecule has 0 atom stereocenters. The average Bonchev–Trinajstić information content (AvgIpc) is 2.76. The molecule has 0 saturated heterocycles. The second-order valence-corrected chi connectivity index (χ2v) is 6.07. The van der Waals surface area contributed by atoms with Gasteiger partial charge < -0.3 is 5.32 Å². The molecule has 1 aromatic heterocycles. The van der Waals surface area contributed by atoms with Crippen LogP contribution in [-0.4, -0.2) is 11.5 Å². The number of aryl methyl sites for hydroxylation is 1. The van der Waals surface area contributed by atoms with E-state index in [1.807, 2.05) is 12.3 Å². The Morgan fingerprint density at radius 1 is 1.10 bits per heavy atom. The fourth-order valence-corrected chi connectivity index (χ4v) is 3.29. The number of aromatic nitrogens is 1. The maximum Gasteiger partial charge on any atom is 0.0751 e. The molecule has 0 spiro atoms. The third-order valence-electron chi connectivity index (χ3n) is 4.53. The van der Waals surface area contributed by atoms with Gasteiger partial charge in [-0.05, 0) is 49.4 Å². The standard InChI is InChI=1S/C18H24N2/c1-14-10-11-17(16-9-6-12-19-18(14)16)20-13-15-7-4-2-3-5-8-15/h6,9-12,15,20H,2-5,7-8,13H2,1H3. The Labute approximate surface area is 121 Å². The molecule has 106 valence electrons. The van der Waals surface area contributed by atoms with Gasteiger partial charge in [0, 0.05) is 23.8 Å². The topological polar surface area (TPSA) is 24.9 Å². The maximum absolute atomic E-state index is 4.51. The number of benzene rings is 1. The summed E-state index contributed by atoms with van der Waals surface area (Å²) < 4.78 is 0. The molecule has 3 rings (SSSR count). The summed E-state index contributed by atoms with van der Waals surface area (Å²) >= 11 is 0. The summed E-state index contributed by atoms with van der Waals surface area (Å²) in [4.78, 5) is 4.51. The lowest BCUT2D eigenvalue weighted by Crippen LogP contribution is -2.13. The van der Waals surface area contributed by atoms with Crippen molar-refractivity contribution in [2.75, 3.05) is 11.9 Å². The quantitative estimate of drug-likeness (QED) is 0.799. The molecule has 0 unspecified atom stereocenters. The van der Waals surface area contributed by atoms with Crippen molar-refractivity contribution < 1.29 is 0 Å². The molecule has 1 heterocycles. The molecule has 0 amide bonds. The number of nitrogens with zero attached hydrogens (tertiary/aromatic N) is 1. The highest BCUT2D eigenvalue weighted by molar-refractivity contribution is 5.93. The molecule has 2 aromatic rings. The van der Waals surface area contributed by atoms with Crippen LogP contribution in [0, 0.1) is 12.8 Å². The number of pyridine rings is 1. The lowest BCUT2D eigenvalue weighted by Gasteiger charge is -2.17. The lowest BCUT2D eigenvalue weighted by atomic mass is 10.00. The molecule has 1 fully saturated rings. The maximum atomic E-state index is 4.51. The largest absolute Gasteiger partial charge is 0.384 e. The van der Waals surface area contributed by atoms with Crippen LogP contribution < -0.4 is 5.32 Å². The first-order valence-electron chi connectivity index (χ1n) is 7.93. The van der Waals surface area contributed by atoms with Gasteiger partial charge in [0.15, 0.2) is 0 Å². The third kappa shape index (κ3) is 2.95. The first-order chi connectivity index (χ1) is 9.84. The molecule has 1 saturated carbocycles. The first-order valence-corrected chi connectivity index (χ1v) is 7.93. The summed E-state index contributed by atoms with van der Waals surface area (Å²) in [6.07, 6.45) is 10.3. The fraction of sp³-hybridized carbons (Fsp3) is 0.500. The highest BCUT2D eigenvalue weighted by Gasteiger charge is 2.12. The molecule has 2 nitrogen and oxygen atoms in total. The van der Waals surface area contributed by atoms with Gasteiger partial charge in [0.25, 0.3) is 0 Å². The molecule has 0 bridgehead atoms. The minimum Gasteiger partial charge on any atom is -0.384 e. The predicted octanol–water partition coefficient (Wildman–Crippen LogP) is 4.93. The van der Waals surface area contributed by atoms with E-state index in [2.05, 4.69) is 35.4 Å². The Hall–Kier alpha value is -1.57. The van der Waals surface area contributed by atoms with Crippen LogP contribution in [0.5, 0.6) is 0 Å². The van der Waals surface area contributed by atoms with Gasteiger partial charge in [-0.1, -0.05) is 31.7 Å². The summed E-state index contributed by atoms with van der Waals surface area (Å²) in [5.74, 6) is 0.838. The summed E-state index contributed by atoms with van der Waals surface area (Å²) in [6, 6.07) is 8.57. The fourth-order valence-electron chi connectivity index (χ4n) is 3.29. The van der Waals surface area contributed by atoms with E-state index in [0.29, 0.717) is 0 Å². The van der Waals surface area contributed by atoms with Crippen LogP contribution in [0.3, 0.4) is 0 Å². The number of fused-ring (bicyclic) bond motifs is 1. The van der Waals surface area contributed by atoms with Crippen LogP contribution >= 0.6 is 0 Å². The van der Waals surface area contributed by atoms with Gasteiger partial charge in [0.1, 0.15) is 0 Å². The van der Waals surface area contributed by atoms with E-state index in [0.717, 1.165) is 18.0 Å². The summed E-state index contributed by atoms with van der Waals surface area (Å²) in [7, 11) is 0. The van der Waals surface area contributed by atoms with Crippen molar-refractivity contribution in [2.45, 2.75) is 45.4 Å². The Bertz CT molecular complexity index is 569. The second-order valence-electron chi connectivity index (χ2n) is 6.07. The zero-order valence-electron chi connectivity index (χ0n) is 12.4. The molecule has 20 heavy (non-hydrogen) atoms. The second kappa shape index (κ2) is 6.25. The van der Waals surface area contributed by atoms with Crippen molar-refractivity contribution in [1.82, 2.24) is 4.98 Å². The first kappa shape index (κ1) is 13.4. The van der Waals surface area contributed by atoms with Crippen LogP contribution in [-0.2, 0) is 0 Å². The molecular formula is C18H24N2. The van der Waals surface area contributed by atoms with Crippen LogP contribution in [0.4, 0.5) is 5.69 Å². The zero-order chi connectivity index (χ0) is 13.8. The van der Waals surface area contributed by atoms with Crippen molar-refractivity contribution in [1.29, 1.82) is 0 Å². The normalized spacial score (nSPS) is 17.1. The van der Waals surface area contributed by atoms with Gasteiger partial charge >= 0.3 is 0 Å². The minimum atomic E-state index is 0.838. The highest BCUT2D eigenvalue weighted by Crippen LogP contribution is 2.27. The Balaban J connectivity index is 1.75. The highest BCUT2D eigenvalue weighted by atomic mass is 14.9. The summed E-state index contributed by atoms with van der Waals surface area (Å²) in [5, 5.41) is 4.92. The molecular weight excluding hydrogens is 244 g/mol. The van der Waals surface area contributed by atoms with Crippen LogP contribution in [0.25, 0.3) is 10.9 Å². The number of rotatable bonds is 3. The summed E-state index contributed by atoms with van der Waals surface area (Å²) in [5.41, 5.74) is 3.61. The van der Waals surface area contributed by atoms with Gasteiger partial charge in [-0.3, -0.25) is 4.98 Å². The van der Waals surface area contributed by atoms with Crippen LogP contribution in [0.15, 0.2) is 30.5 Å². The van der Waals surface area contributed by atoms with E-state index in [1.165, 1.54) is 55.2 Å². The van der Waals surface area contributed by atoms with Gasteiger partial charge in [0.2, 0.25) is 0 Å². The predicted molar refractivity (Wildman–Crippen MR) is 86.2 cm³/mol. The van der Waals surface area contributed by atoms with Gasteiger partial charge in [-0.2, -0.15) is 0 Å². The minimum absolute atomic E-state index is 0.838. The zero-order valence-corrected chi connectivity index (χ0v) is 12.4. The molecule has 0 aliphatic heterocycles. The lowest BCUT2D eigenvalue weighted by molar-refractivity contribution is 0.483. The molecule has 2 heteroatoms. The van der Waals surface area contributed by atoms with E-state index in [4.69, 9.17) is 0 Å². The van der Waals surface area contributed by atoms with Crippen LogP contribution in [0.1, 0.15) is 44.1 Å². The molecule has 1 aliphatic rings. The van der Waals surface area contributed by atoms with Gasteiger partial charge in [0.05, 0.1) is 5.52 Å². The average molecular weight is 268 g/mol. The summed E-state index contributed by atoms with van der Waals surface area (Å²) in [6.45, 7) is 3.23. The van der Waals surface area contributed by atoms with E-state index in [-0.39, 0.29) is 0 Å². The van der Waals surface area contributed by atoms with E-state index < -0.39 is 0 Å². The molecule has 1 aliphatic carbocycles. The monoisotopic (exact) mass is 268 g/mol. The van der Waals surface area contributed by atoms with Crippen molar-refractivity contribution in [3.63, 3.8) is 0 Å². The van der Waals surface area contributed by atoms with E-state index in [9.17, 15) is 0 Å². The number of hydrogen-bond acceptors (Lipinski definition) is 2. The smallest absolute Gasteiger partial charge is 0.0751 e. The number of hydrogen-bond donors (Lipinski definition) is 1. The SMILES string of the molecule is Cc1ccc(NCC2CCCCCC2)c2cccnc12. The van der Waals surface area contributed by atoms with Crippen molar-refractivity contribution >= 4 is 16.6 Å². The van der Waals surface area contributed by atoms with E-state index >= 15 is 0 Å². The third-order valence-corrected chi connectivity index (χ3v) is 4.53. The van der Waals surface area contributed by atoms with Gasteiger partial charge in [-0.25, -0.2) is 0 Å². The Kier molecular flexibility index (Phi) is 4.19. The number of nitrogens with one attached hydrogen (secondary N) is 1. The van der Waals surface area contributed by atoms with Gasteiger partial charge in [-0.15, -0.1) is 0 Å². The Morgan fingerprint density at radius 2 is 1.90 bits per heavy atom. The number of anilines is 1. The van der Waals surface area contributed by atoms with E-state index in [1.54, 1.807) is 0 Å². The van der Waals surface area contributed by atoms with Crippen molar-refractivity contribution in [3.05, 3.63) is 36.0 Å². The van der Waals surface area contributed by atoms with Crippen molar-refractivity contribution in [3.8, 4) is 0 Å². The molecule has 1 aromatic carbocycles. The van der Waals surface area contributed by atoms with Crippen molar-refractivity contribution in [2.24, 2.45) is 5.92 Å². The Morgan fingerprint density at radius 3 is 2.70 bits per heavy atom. The molecule has 1 N–H and O–H groups in total. The molecule has 0 radical (unpaired) electrons. The van der Waals surface area contributed by atoms with Crippen LogP contribution in [0.2, 0.25) is 0 Å².